The first-order chi connectivity index (χ1) is 11.1. The van der Waals surface area contributed by atoms with Crippen molar-refractivity contribution in [3.63, 3.8) is 0 Å². The Labute approximate surface area is 135 Å². The van der Waals surface area contributed by atoms with E-state index >= 15 is 0 Å². The van der Waals surface area contributed by atoms with Gasteiger partial charge in [-0.1, -0.05) is 24.3 Å². The van der Waals surface area contributed by atoms with E-state index in [4.69, 9.17) is 14.6 Å². The van der Waals surface area contributed by atoms with Crippen molar-refractivity contribution in [1.82, 2.24) is 0 Å². The lowest BCUT2D eigenvalue weighted by atomic mass is 10.2. The fourth-order valence-corrected chi connectivity index (χ4v) is 2.08. The molecular formula is C18H21NO4. The summed E-state index contributed by atoms with van der Waals surface area (Å²) in [7, 11) is 0. The number of aliphatic hydroxyl groups excluding tert-OH is 1. The van der Waals surface area contributed by atoms with Crippen molar-refractivity contribution < 1.29 is 19.4 Å². The van der Waals surface area contributed by atoms with Gasteiger partial charge in [-0.2, -0.15) is 0 Å². The highest BCUT2D eigenvalue weighted by Crippen LogP contribution is 2.28. The fourth-order valence-electron chi connectivity index (χ4n) is 2.08. The summed E-state index contributed by atoms with van der Waals surface area (Å²) in [6, 6.07) is 12.7. The Balaban J connectivity index is 2.00. The summed E-state index contributed by atoms with van der Waals surface area (Å²) in [6.07, 6.45) is 0. The number of benzene rings is 2. The molecule has 2 rings (SSSR count). The van der Waals surface area contributed by atoms with E-state index in [1.165, 1.54) is 0 Å². The summed E-state index contributed by atoms with van der Waals surface area (Å²) < 4.78 is 11.0. The van der Waals surface area contributed by atoms with Crippen LogP contribution in [0.15, 0.2) is 42.5 Å². The van der Waals surface area contributed by atoms with Gasteiger partial charge < -0.3 is 19.9 Å². The second-order valence-corrected chi connectivity index (χ2v) is 5.02. The highest BCUT2D eigenvalue weighted by molar-refractivity contribution is 5.92. The lowest BCUT2D eigenvalue weighted by Gasteiger charge is -2.13. The van der Waals surface area contributed by atoms with Crippen LogP contribution in [0.1, 0.15) is 18.1 Å². The fraction of sp³-hybridized carbons (Fsp3) is 0.278. The van der Waals surface area contributed by atoms with Crippen LogP contribution in [0.3, 0.4) is 0 Å². The molecule has 5 heteroatoms. The molecular weight excluding hydrogens is 294 g/mol. The van der Waals surface area contributed by atoms with Gasteiger partial charge in [0, 0.05) is 5.69 Å². The van der Waals surface area contributed by atoms with Crippen LogP contribution in [0.2, 0.25) is 0 Å². The number of carbonyl (C=O) groups is 1. The highest BCUT2D eigenvalue weighted by atomic mass is 16.5. The number of carbonyl (C=O) groups excluding carboxylic acids is 1. The Morgan fingerprint density at radius 1 is 1.13 bits per heavy atom. The van der Waals surface area contributed by atoms with Crippen molar-refractivity contribution >= 4 is 11.6 Å². The quantitative estimate of drug-likeness (QED) is 0.824. The summed E-state index contributed by atoms with van der Waals surface area (Å²) in [5, 5.41) is 12.0. The normalized spacial score (nSPS) is 10.2. The largest absolute Gasteiger partial charge is 0.490 e. The van der Waals surface area contributed by atoms with Gasteiger partial charge in [-0.05, 0) is 43.2 Å². The third kappa shape index (κ3) is 4.72. The third-order valence-electron chi connectivity index (χ3n) is 3.27. The zero-order valence-corrected chi connectivity index (χ0v) is 13.3. The molecule has 0 aliphatic carbocycles. The van der Waals surface area contributed by atoms with Gasteiger partial charge in [-0.3, -0.25) is 4.79 Å². The standard InChI is InChI=1S/C18H21NO4/c1-3-22-17-10-14(11-20)8-9-16(17)23-12-18(21)19-15-7-5-4-6-13(15)2/h4-10,20H,3,11-12H2,1-2H3,(H,19,21). The van der Waals surface area contributed by atoms with Crippen LogP contribution >= 0.6 is 0 Å². The summed E-state index contributed by atoms with van der Waals surface area (Å²) >= 11 is 0. The SMILES string of the molecule is CCOc1cc(CO)ccc1OCC(=O)Nc1ccccc1C. The molecule has 1 amide bonds. The van der Waals surface area contributed by atoms with Crippen molar-refractivity contribution in [2.24, 2.45) is 0 Å². The van der Waals surface area contributed by atoms with E-state index in [0.29, 0.717) is 18.1 Å². The number of hydrogen-bond donors (Lipinski definition) is 2. The third-order valence-corrected chi connectivity index (χ3v) is 3.27. The van der Waals surface area contributed by atoms with E-state index in [-0.39, 0.29) is 19.1 Å². The van der Waals surface area contributed by atoms with Crippen LogP contribution in [0, 0.1) is 6.92 Å². The predicted octanol–water partition coefficient (Wildman–Crippen LogP) is 2.90. The van der Waals surface area contributed by atoms with Crippen molar-refractivity contribution in [3.05, 3.63) is 53.6 Å². The average molecular weight is 315 g/mol. The maximum absolute atomic E-state index is 12.0. The molecule has 2 aromatic rings. The molecule has 0 aliphatic rings. The minimum absolute atomic E-state index is 0.0753. The van der Waals surface area contributed by atoms with Gasteiger partial charge in [0.1, 0.15) is 0 Å². The summed E-state index contributed by atoms with van der Waals surface area (Å²) in [6.45, 7) is 4.07. The molecule has 0 fully saturated rings. The van der Waals surface area contributed by atoms with Gasteiger partial charge >= 0.3 is 0 Å². The lowest BCUT2D eigenvalue weighted by molar-refractivity contribution is -0.118. The molecule has 0 radical (unpaired) electrons. The summed E-state index contributed by atoms with van der Waals surface area (Å²) in [4.78, 5) is 12.0. The minimum atomic E-state index is -0.243. The Bertz CT molecular complexity index is 670. The first-order valence-electron chi connectivity index (χ1n) is 7.49. The van der Waals surface area contributed by atoms with E-state index < -0.39 is 0 Å². The van der Waals surface area contributed by atoms with Gasteiger partial charge in [0.25, 0.3) is 5.91 Å². The molecule has 2 aromatic carbocycles. The smallest absolute Gasteiger partial charge is 0.262 e. The van der Waals surface area contributed by atoms with E-state index in [1.54, 1.807) is 18.2 Å². The number of anilines is 1. The number of para-hydroxylation sites is 1. The molecule has 0 bridgehead atoms. The molecule has 0 atom stereocenters. The first-order valence-corrected chi connectivity index (χ1v) is 7.49. The van der Waals surface area contributed by atoms with E-state index in [1.807, 2.05) is 38.1 Å². The second-order valence-electron chi connectivity index (χ2n) is 5.02. The number of ether oxygens (including phenoxy) is 2. The predicted molar refractivity (Wildman–Crippen MR) is 88.8 cm³/mol. The van der Waals surface area contributed by atoms with Gasteiger partial charge in [0.05, 0.1) is 13.2 Å². The van der Waals surface area contributed by atoms with Gasteiger partial charge in [-0.15, -0.1) is 0 Å². The van der Waals surface area contributed by atoms with Crippen molar-refractivity contribution in [1.29, 1.82) is 0 Å². The van der Waals surface area contributed by atoms with E-state index in [0.717, 1.165) is 16.8 Å². The molecule has 122 valence electrons. The zero-order chi connectivity index (χ0) is 16.7. The van der Waals surface area contributed by atoms with Gasteiger partial charge in [0.2, 0.25) is 0 Å². The monoisotopic (exact) mass is 315 g/mol. The Morgan fingerprint density at radius 2 is 1.91 bits per heavy atom. The van der Waals surface area contributed by atoms with Crippen molar-refractivity contribution in [2.45, 2.75) is 20.5 Å². The van der Waals surface area contributed by atoms with E-state index in [9.17, 15) is 4.79 Å². The van der Waals surface area contributed by atoms with Crippen LogP contribution in [0.25, 0.3) is 0 Å². The number of aryl methyl sites for hydroxylation is 1. The van der Waals surface area contributed by atoms with Crippen LogP contribution in [-0.2, 0) is 11.4 Å². The lowest BCUT2D eigenvalue weighted by Crippen LogP contribution is -2.20. The molecule has 23 heavy (non-hydrogen) atoms. The minimum Gasteiger partial charge on any atom is -0.490 e. The number of aliphatic hydroxyl groups is 1. The van der Waals surface area contributed by atoms with Gasteiger partial charge in [0.15, 0.2) is 18.1 Å². The summed E-state index contributed by atoms with van der Waals surface area (Å²) in [5.74, 6) is 0.750. The molecule has 5 nitrogen and oxygen atoms in total. The molecule has 0 aromatic heterocycles. The molecule has 0 aliphatic heterocycles. The number of amides is 1. The topological polar surface area (TPSA) is 67.8 Å². The van der Waals surface area contributed by atoms with Gasteiger partial charge in [-0.25, -0.2) is 0 Å². The Morgan fingerprint density at radius 3 is 2.61 bits per heavy atom. The number of rotatable bonds is 7. The highest BCUT2D eigenvalue weighted by Gasteiger charge is 2.10. The Kier molecular flexibility index (Phi) is 6.00. The van der Waals surface area contributed by atoms with Crippen LogP contribution in [-0.4, -0.2) is 24.2 Å². The van der Waals surface area contributed by atoms with Crippen LogP contribution < -0.4 is 14.8 Å². The molecule has 0 saturated carbocycles. The van der Waals surface area contributed by atoms with Crippen molar-refractivity contribution in [2.75, 3.05) is 18.5 Å². The average Bonchev–Trinajstić information content (AvgIpc) is 2.56. The first kappa shape index (κ1) is 16.8. The molecule has 0 spiro atoms. The van der Waals surface area contributed by atoms with Crippen molar-refractivity contribution in [3.8, 4) is 11.5 Å². The number of hydrogen-bond acceptors (Lipinski definition) is 4. The molecule has 0 heterocycles. The summed E-state index contributed by atoms with van der Waals surface area (Å²) in [5.41, 5.74) is 2.48. The second kappa shape index (κ2) is 8.19. The maximum atomic E-state index is 12.0. The molecule has 0 unspecified atom stereocenters. The molecule has 0 saturated heterocycles. The zero-order valence-electron chi connectivity index (χ0n) is 13.3. The maximum Gasteiger partial charge on any atom is 0.262 e. The number of nitrogens with one attached hydrogen (secondary N) is 1. The molecule has 2 N–H and O–H groups in total. The van der Waals surface area contributed by atoms with E-state index in [2.05, 4.69) is 5.32 Å². The van der Waals surface area contributed by atoms with Crippen LogP contribution in [0.4, 0.5) is 5.69 Å². The van der Waals surface area contributed by atoms with Crippen LogP contribution in [0.5, 0.6) is 11.5 Å². The Hall–Kier alpha value is -2.53.